The summed E-state index contributed by atoms with van der Waals surface area (Å²) in [5, 5.41) is 11.8. The second-order valence-corrected chi connectivity index (χ2v) is 11.1. The molecule has 4 N–H and O–H groups in total. The predicted molar refractivity (Wildman–Crippen MR) is 179 cm³/mol. The molecule has 3 amide bonds. The van der Waals surface area contributed by atoms with E-state index in [1.54, 1.807) is 57.7 Å². The highest BCUT2D eigenvalue weighted by molar-refractivity contribution is 5.92. The number of carbonyl (C=O) groups excluding carboxylic acids is 3. The molecule has 3 aromatic carbocycles. The molecule has 0 bridgehead atoms. The lowest BCUT2D eigenvalue weighted by Gasteiger charge is -2.19. The Hall–Kier alpha value is -5.06. The summed E-state index contributed by atoms with van der Waals surface area (Å²) in [7, 11) is 4.69. The van der Waals surface area contributed by atoms with Gasteiger partial charge >= 0.3 is 0 Å². The van der Waals surface area contributed by atoms with E-state index in [2.05, 4.69) is 21.3 Å². The van der Waals surface area contributed by atoms with Crippen molar-refractivity contribution in [3.8, 4) is 28.4 Å². The molecule has 3 aromatic rings. The second-order valence-electron chi connectivity index (χ2n) is 11.1. The summed E-state index contributed by atoms with van der Waals surface area (Å²) < 4.78 is 17.1. The SMILES string of the molecule is COc1cc2c(c(OC)c1OC)-c1ccc(NCCCCCC(=O)Nc3ccc(NC(C)=O)cc3)c(=O)cc1[C@@H](NC(C)=O)CC2. The third-order valence-electron chi connectivity index (χ3n) is 7.80. The normalized spacial score (nSPS) is 13.3. The van der Waals surface area contributed by atoms with Crippen molar-refractivity contribution in [2.45, 2.75) is 58.4 Å². The van der Waals surface area contributed by atoms with E-state index in [0.717, 1.165) is 29.5 Å². The molecule has 46 heavy (non-hydrogen) atoms. The van der Waals surface area contributed by atoms with Crippen LogP contribution in [-0.2, 0) is 20.8 Å². The average Bonchev–Trinajstić information content (AvgIpc) is 3.26. The maximum atomic E-state index is 13.5. The Labute approximate surface area is 269 Å². The van der Waals surface area contributed by atoms with Crippen molar-refractivity contribution in [2.24, 2.45) is 0 Å². The number of fused-ring (bicyclic) bond motifs is 3. The van der Waals surface area contributed by atoms with Gasteiger partial charge in [0, 0.05) is 43.8 Å². The standard InChI is InChI=1S/C35H42N4O7/c1-21(40)37-24-11-13-25(14-12-24)39-32(43)9-7-6-8-18-36-29-17-15-26-27(20-30(29)42)28(38-22(2)41)16-10-23-19-31(44-3)34(45-4)35(46-5)33(23)26/h11-15,17,19-20,28H,6-10,16,18H2,1-5H3,(H,36,42)(H,37,40)(H,38,41)(H,39,43)/t28-/m0/s1. The summed E-state index contributed by atoms with van der Waals surface area (Å²) in [6, 6.07) is 13.7. The zero-order valence-corrected chi connectivity index (χ0v) is 27.0. The van der Waals surface area contributed by atoms with Gasteiger partial charge in [0.2, 0.25) is 28.9 Å². The van der Waals surface area contributed by atoms with Crippen LogP contribution in [0.4, 0.5) is 17.1 Å². The number of anilines is 3. The van der Waals surface area contributed by atoms with Crippen LogP contribution in [0, 0.1) is 0 Å². The quantitative estimate of drug-likeness (QED) is 0.183. The van der Waals surface area contributed by atoms with Crippen LogP contribution in [0.1, 0.15) is 63.1 Å². The second kappa shape index (κ2) is 15.8. The number of methoxy groups -OCH3 is 3. The average molecular weight is 631 g/mol. The number of ether oxygens (including phenoxy) is 3. The Balaban J connectivity index is 1.44. The lowest BCUT2D eigenvalue weighted by Crippen LogP contribution is -2.26. The van der Waals surface area contributed by atoms with Gasteiger partial charge < -0.3 is 35.5 Å². The van der Waals surface area contributed by atoms with Gasteiger partial charge in [0.25, 0.3) is 0 Å². The molecule has 1 aliphatic rings. The van der Waals surface area contributed by atoms with Crippen molar-refractivity contribution in [1.29, 1.82) is 0 Å². The minimum atomic E-state index is -0.379. The highest BCUT2D eigenvalue weighted by atomic mass is 16.5. The van der Waals surface area contributed by atoms with Crippen molar-refractivity contribution in [3.63, 3.8) is 0 Å². The maximum Gasteiger partial charge on any atom is 0.224 e. The van der Waals surface area contributed by atoms with Crippen LogP contribution in [0.25, 0.3) is 11.1 Å². The molecule has 0 radical (unpaired) electrons. The number of aryl methyl sites for hydroxylation is 1. The van der Waals surface area contributed by atoms with Crippen LogP contribution in [0.3, 0.4) is 0 Å². The molecule has 0 unspecified atom stereocenters. The zero-order chi connectivity index (χ0) is 33.2. The van der Waals surface area contributed by atoms with E-state index in [1.165, 1.54) is 13.8 Å². The first-order chi connectivity index (χ1) is 22.1. The maximum absolute atomic E-state index is 13.5. The molecule has 1 atom stereocenters. The minimum absolute atomic E-state index is 0.0858. The lowest BCUT2D eigenvalue weighted by atomic mass is 9.95. The first-order valence-corrected chi connectivity index (χ1v) is 15.3. The number of carbonyl (C=O) groups is 3. The highest BCUT2D eigenvalue weighted by Gasteiger charge is 2.29. The molecule has 0 spiro atoms. The molecule has 0 aromatic heterocycles. The topological polar surface area (TPSA) is 144 Å². The van der Waals surface area contributed by atoms with E-state index >= 15 is 0 Å². The molecule has 0 saturated heterocycles. The fourth-order valence-corrected chi connectivity index (χ4v) is 5.73. The van der Waals surface area contributed by atoms with Crippen LogP contribution in [0.15, 0.2) is 53.3 Å². The molecule has 244 valence electrons. The third kappa shape index (κ3) is 8.35. The van der Waals surface area contributed by atoms with Gasteiger partial charge in [-0.25, -0.2) is 0 Å². The Morgan fingerprint density at radius 2 is 1.50 bits per heavy atom. The lowest BCUT2D eigenvalue weighted by molar-refractivity contribution is -0.120. The number of benzene rings is 2. The number of rotatable bonds is 13. The molecule has 11 heteroatoms. The summed E-state index contributed by atoms with van der Waals surface area (Å²) in [6.07, 6.45) is 3.82. The van der Waals surface area contributed by atoms with E-state index in [-0.39, 0.29) is 29.2 Å². The van der Waals surface area contributed by atoms with E-state index in [4.69, 9.17) is 14.2 Å². The van der Waals surface area contributed by atoms with Gasteiger partial charge in [-0.3, -0.25) is 19.2 Å². The summed E-state index contributed by atoms with van der Waals surface area (Å²) >= 11 is 0. The predicted octanol–water partition coefficient (Wildman–Crippen LogP) is 5.43. The fourth-order valence-electron chi connectivity index (χ4n) is 5.73. The van der Waals surface area contributed by atoms with Gasteiger partial charge in [0.05, 0.1) is 33.1 Å². The smallest absolute Gasteiger partial charge is 0.224 e. The molecule has 0 saturated carbocycles. The number of nitrogens with one attached hydrogen (secondary N) is 4. The van der Waals surface area contributed by atoms with Crippen LogP contribution >= 0.6 is 0 Å². The van der Waals surface area contributed by atoms with E-state index in [1.807, 2.05) is 12.1 Å². The molecule has 11 nitrogen and oxygen atoms in total. The van der Waals surface area contributed by atoms with Gasteiger partial charge in [0.15, 0.2) is 11.5 Å². The van der Waals surface area contributed by atoms with Gasteiger partial charge in [-0.2, -0.15) is 0 Å². The summed E-state index contributed by atoms with van der Waals surface area (Å²) in [4.78, 5) is 49.2. The van der Waals surface area contributed by atoms with E-state index < -0.39 is 0 Å². The Bertz CT molecular complexity index is 1640. The fraction of sp³-hybridized carbons (Fsp3) is 0.371. The van der Waals surface area contributed by atoms with Gasteiger partial charge in [-0.15, -0.1) is 0 Å². The van der Waals surface area contributed by atoms with Crippen LogP contribution in [0.5, 0.6) is 17.2 Å². The molecule has 0 heterocycles. The number of hydrogen-bond acceptors (Lipinski definition) is 8. The molecule has 0 fully saturated rings. The van der Waals surface area contributed by atoms with Crippen LogP contribution < -0.4 is 40.9 Å². The summed E-state index contributed by atoms with van der Waals surface area (Å²) in [5.74, 6) is 1.07. The Morgan fingerprint density at radius 3 is 2.13 bits per heavy atom. The number of unbranched alkanes of at least 4 members (excludes halogenated alkanes) is 2. The minimum Gasteiger partial charge on any atom is -0.493 e. The first kappa shape index (κ1) is 33.8. The van der Waals surface area contributed by atoms with Crippen LogP contribution in [-0.4, -0.2) is 45.6 Å². The number of hydrogen-bond donors (Lipinski definition) is 4. The van der Waals surface area contributed by atoms with Crippen molar-refractivity contribution in [3.05, 3.63) is 69.9 Å². The van der Waals surface area contributed by atoms with Crippen molar-refractivity contribution in [2.75, 3.05) is 43.8 Å². The van der Waals surface area contributed by atoms with Crippen molar-refractivity contribution >= 4 is 34.8 Å². The first-order valence-electron chi connectivity index (χ1n) is 15.3. The van der Waals surface area contributed by atoms with Gasteiger partial charge in [-0.05, 0) is 84.8 Å². The molecule has 4 rings (SSSR count). The van der Waals surface area contributed by atoms with Gasteiger partial charge in [0.1, 0.15) is 0 Å². The molecule has 1 aliphatic carbocycles. The Kier molecular flexibility index (Phi) is 11.6. The van der Waals surface area contributed by atoms with E-state index in [0.29, 0.717) is 72.1 Å². The van der Waals surface area contributed by atoms with Crippen molar-refractivity contribution < 1.29 is 28.6 Å². The number of amides is 3. The zero-order valence-electron chi connectivity index (χ0n) is 27.0. The van der Waals surface area contributed by atoms with Gasteiger partial charge in [-0.1, -0.05) is 12.5 Å². The summed E-state index contributed by atoms with van der Waals surface area (Å²) in [6.45, 7) is 3.46. The Morgan fingerprint density at radius 1 is 0.804 bits per heavy atom. The van der Waals surface area contributed by atoms with E-state index in [9.17, 15) is 19.2 Å². The molecular weight excluding hydrogens is 588 g/mol. The molecule has 0 aliphatic heterocycles. The monoisotopic (exact) mass is 630 g/mol. The summed E-state index contributed by atoms with van der Waals surface area (Å²) in [5.41, 5.74) is 4.81. The molecular formula is C35H42N4O7. The van der Waals surface area contributed by atoms with Crippen LogP contribution in [0.2, 0.25) is 0 Å². The largest absolute Gasteiger partial charge is 0.493 e. The van der Waals surface area contributed by atoms with Crippen molar-refractivity contribution in [1.82, 2.24) is 5.32 Å². The third-order valence-corrected chi connectivity index (χ3v) is 7.80. The highest BCUT2D eigenvalue weighted by Crippen LogP contribution is 2.50.